The molecule has 31 heavy (non-hydrogen) atoms. The molecule has 1 unspecified atom stereocenters. The Balaban J connectivity index is 1.12. The van der Waals surface area contributed by atoms with Crippen molar-refractivity contribution in [3.63, 3.8) is 0 Å². The van der Waals surface area contributed by atoms with Crippen molar-refractivity contribution in [1.82, 2.24) is 29.8 Å². The molecule has 1 atom stereocenters. The summed E-state index contributed by atoms with van der Waals surface area (Å²) in [4.78, 5) is 13.9. The Labute approximate surface area is 184 Å². The number of rotatable bonds is 7. The summed E-state index contributed by atoms with van der Waals surface area (Å²) in [7, 11) is 2.19. The maximum absolute atomic E-state index is 4.69. The zero-order valence-electron chi connectivity index (χ0n) is 18.5. The molecule has 1 fully saturated rings. The first-order valence-electron chi connectivity index (χ1n) is 11.7. The van der Waals surface area contributed by atoms with Gasteiger partial charge in [-0.1, -0.05) is 11.3 Å². The van der Waals surface area contributed by atoms with Gasteiger partial charge in [-0.2, -0.15) is 0 Å². The molecule has 0 spiro atoms. The normalized spacial score (nSPS) is 22.1. The van der Waals surface area contributed by atoms with Gasteiger partial charge in [0.05, 0.1) is 17.4 Å². The standard InChI is InChI=1S/C24H33N7/c1-29(23-6-2-4-21-5-3-10-26-24(21)23)17-22-18-31(28-27-22)16-19-8-12-30(13-9-19)15-20-7-11-25-14-20/h3,5,10-11,14,18-19,23H,2,4,6-9,12-13,15-17H2,1H3. The average molecular weight is 420 g/mol. The topological polar surface area (TPSA) is 62.4 Å². The molecule has 7 nitrogen and oxygen atoms in total. The van der Waals surface area contributed by atoms with Crippen LogP contribution in [0.5, 0.6) is 0 Å². The first kappa shape index (κ1) is 20.5. The Morgan fingerprint density at radius 2 is 2.10 bits per heavy atom. The fourth-order valence-electron chi connectivity index (χ4n) is 5.24. The van der Waals surface area contributed by atoms with Crippen LogP contribution in [0.1, 0.15) is 55.1 Å². The third-order valence-electron chi connectivity index (χ3n) is 6.99. The number of aromatic nitrogens is 4. The van der Waals surface area contributed by atoms with Crippen LogP contribution in [0, 0.1) is 5.92 Å². The number of likely N-dealkylation sites (tertiary alicyclic amines) is 1. The predicted molar refractivity (Wildman–Crippen MR) is 122 cm³/mol. The summed E-state index contributed by atoms with van der Waals surface area (Å²) in [5.74, 6) is 0.687. The fourth-order valence-corrected chi connectivity index (χ4v) is 5.24. The Morgan fingerprint density at radius 3 is 2.94 bits per heavy atom. The maximum Gasteiger partial charge on any atom is 0.0967 e. The van der Waals surface area contributed by atoms with E-state index in [2.05, 4.69) is 60.1 Å². The van der Waals surface area contributed by atoms with Gasteiger partial charge >= 0.3 is 0 Å². The van der Waals surface area contributed by atoms with E-state index in [4.69, 9.17) is 0 Å². The first-order chi connectivity index (χ1) is 15.2. The number of nitrogens with zero attached hydrogens (tertiary/aromatic N) is 7. The number of piperidine rings is 1. The molecular formula is C24H33N7. The molecule has 5 rings (SSSR count). The lowest BCUT2D eigenvalue weighted by Crippen LogP contribution is -2.36. The number of aryl methyl sites for hydroxylation is 1. The van der Waals surface area contributed by atoms with E-state index in [0.29, 0.717) is 12.0 Å². The summed E-state index contributed by atoms with van der Waals surface area (Å²) in [6, 6.07) is 4.65. The zero-order chi connectivity index (χ0) is 21.0. The van der Waals surface area contributed by atoms with Crippen LogP contribution in [0.4, 0.5) is 0 Å². The van der Waals surface area contributed by atoms with Gasteiger partial charge in [0.25, 0.3) is 0 Å². The van der Waals surface area contributed by atoms with Crippen molar-refractivity contribution < 1.29 is 0 Å². The number of hydrogen-bond donors (Lipinski definition) is 0. The lowest BCUT2D eigenvalue weighted by molar-refractivity contribution is 0.181. The molecule has 0 aromatic carbocycles. The first-order valence-corrected chi connectivity index (χ1v) is 11.7. The van der Waals surface area contributed by atoms with Crippen LogP contribution in [-0.2, 0) is 19.5 Å². The van der Waals surface area contributed by atoms with Gasteiger partial charge in [-0.15, -0.1) is 5.10 Å². The van der Waals surface area contributed by atoms with Crippen LogP contribution in [0.3, 0.4) is 0 Å². The van der Waals surface area contributed by atoms with Crippen molar-refractivity contribution >= 4 is 6.21 Å². The molecule has 0 radical (unpaired) electrons. The Morgan fingerprint density at radius 1 is 1.19 bits per heavy atom. The zero-order valence-corrected chi connectivity index (χ0v) is 18.5. The molecule has 2 aromatic rings. The minimum Gasteiger partial charge on any atom is -0.299 e. The van der Waals surface area contributed by atoms with E-state index in [9.17, 15) is 0 Å². The summed E-state index contributed by atoms with van der Waals surface area (Å²) in [6.45, 7) is 5.20. The highest BCUT2D eigenvalue weighted by molar-refractivity contribution is 5.65. The molecular weight excluding hydrogens is 386 g/mol. The molecule has 1 saturated heterocycles. The second kappa shape index (κ2) is 9.40. The molecule has 0 saturated carbocycles. The highest BCUT2D eigenvalue weighted by Crippen LogP contribution is 2.32. The minimum atomic E-state index is 0.375. The maximum atomic E-state index is 4.69. The average Bonchev–Trinajstić information content (AvgIpc) is 3.47. The van der Waals surface area contributed by atoms with Crippen molar-refractivity contribution in [2.24, 2.45) is 10.9 Å². The Kier molecular flexibility index (Phi) is 6.22. The third-order valence-corrected chi connectivity index (χ3v) is 6.99. The second-order valence-electron chi connectivity index (χ2n) is 9.35. The minimum absolute atomic E-state index is 0.375. The number of aliphatic imine (C=N–C) groups is 1. The predicted octanol–water partition coefficient (Wildman–Crippen LogP) is 3.25. The molecule has 2 aliphatic heterocycles. The van der Waals surface area contributed by atoms with Crippen molar-refractivity contribution in [3.05, 3.63) is 53.3 Å². The highest BCUT2D eigenvalue weighted by atomic mass is 15.4. The van der Waals surface area contributed by atoms with Crippen molar-refractivity contribution in [2.75, 3.05) is 26.7 Å². The van der Waals surface area contributed by atoms with Gasteiger partial charge in [-0.25, -0.2) is 0 Å². The van der Waals surface area contributed by atoms with Crippen LogP contribution in [0.15, 0.2) is 41.3 Å². The SMILES string of the molecule is CN(Cc1cn(CC2CCN(CC3=CN=CC3)CC2)nn1)C1CCCc2cccnc21. The molecule has 3 aliphatic rings. The lowest BCUT2D eigenvalue weighted by atomic mass is 9.91. The smallest absolute Gasteiger partial charge is 0.0967 e. The molecule has 0 N–H and O–H groups in total. The number of hydrogen-bond acceptors (Lipinski definition) is 6. The van der Waals surface area contributed by atoms with Crippen molar-refractivity contribution in [2.45, 2.75) is 57.7 Å². The number of pyridine rings is 1. The molecule has 164 valence electrons. The summed E-state index contributed by atoms with van der Waals surface area (Å²) in [6.07, 6.45) is 15.1. The summed E-state index contributed by atoms with van der Waals surface area (Å²) < 4.78 is 2.06. The van der Waals surface area contributed by atoms with Gasteiger partial charge < -0.3 is 0 Å². The Hall–Kier alpha value is -2.38. The molecule has 1 aliphatic carbocycles. The van der Waals surface area contributed by atoms with E-state index in [1.807, 2.05) is 18.6 Å². The third kappa shape index (κ3) is 4.93. The summed E-state index contributed by atoms with van der Waals surface area (Å²) in [5.41, 5.74) is 5.14. The van der Waals surface area contributed by atoms with E-state index in [0.717, 1.165) is 44.6 Å². The van der Waals surface area contributed by atoms with E-state index in [1.165, 1.54) is 49.2 Å². The van der Waals surface area contributed by atoms with Gasteiger partial charge in [0.2, 0.25) is 0 Å². The van der Waals surface area contributed by atoms with Crippen LogP contribution in [-0.4, -0.2) is 62.7 Å². The lowest BCUT2D eigenvalue weighted by Gasteiger charge is -2.32. The molecule has 4 heterocycles. The van der Waals surface area contributed by atoms with Crippen LogP contribution in [0.25, 0.3) is 0 Å². The van der Waals surface area contributed by atoms with Gasteiger partial charge in [-0.3, -0.25) is 24.5 Å². The summed E-state index contributed by atoms with van der Waals surface area (Å²) in [5, 5.41) is 8.92. The van der Waals surface area contributed by atoms with E-state index >= 15 is 0 Å². The largest absolute Gasteiger partial charge is 0.299 e. The van der Waals surface area contributed by atoms with E-state index in [-0.39, 0.29) is 0 Å². The molecule has 0 amide bonds. The van der Waals surface area contributed by atoms with Crippen LogP contribution in [0.2, 0.25) is 0 Å². The van der Waals surface area contributed by atoms with Gasteiger partial charge in [0, 0.05) is 50.9 Å². The summed E-state index contributed by atoms with van der Waals surface area (Å²) >= 11 is 0. The Bertz CT molecular complexity index is 939. The molecule has 7 heteroatoms. The van der Waals surface area contributed by atoms with Crippen LogP contribution < -0.4 is 0 Å². The second-order valence-corrected chi connectivity index (χ2v) is 9.35. The van der Waals surface area contributed by atoms with E-state index in [1.54, 1.807) is 0 Å². The monoisotopic (exact) mass is 419 g/mol. The van der Waals surface area contributed by atoms with Crippen molar-refractivity contribution in [1.29, 1.82) is 0 Å². The van der Waals surface area contributed by atoms with E-state index < -0.39 is 0 Å². The molecule has 0 bridgehead atoms. The number of fused-ring (bicyclic) bond motifs is 1. The molecule has 2 aromatic heterocycles. The van der Waals surface area contributed by atoms with Gasteiger partial charge in [-0.05, 0) is 75.4 Å². The van der Waals surface area contributed by atoms with Crippen LogP contribution >= 0.6 is 0 Å². The quantitative estimate of drug-likeness (QED) is 0.689. The van der Waals surface area contributed by atoms with Gasteiger partial charge in [0.1, 0.15) is 0 Å². The fraction of sp³-hybridized carbons (Fsp3) is 0.583. The van der Waals surface area contributed by atoms with Gasteiger partial charge in [0.15, 0.2) is 0 Å². The van der Waals surface area contributed by atoms with Crippen molar-refractivity contribution in [3.8, 4) is 0 Å². The highest BCUT2D eigenvalue weighted by Gasteiger charge is 2.26.